The summed E-state index contributed by atoms with van der Waals surface area (Å²) in [6.45, 7) is 5.02. The Balaban J connectivity index is 1.55. The van der Waals surface area contributed by atoms with Crippen molar-refractivity contribution in [3.8, 4) is 0 Å². The number of hydrogen-bond donors (Lipinski definition) is 1. The number of nitrogens with zero attached hydrogens (tertiary/aromatic N) is 6. The lowest BCUT2D eigenvalue weighted by molar-refractivity contribution is -0.122. The maximum atomic E-state index is 12.7. The maximum Gasteiger partial charge on any atom is 0.243 e. The summed E-state index contributed by atoms with van der Waals surface area (Å²) in [6.07, 6.45) is 3.82. The van der Waals surface area contributed by atoms with E-state index in [0.29, 0.717) is 13.1 Å². The van der Waals surface area contributed by atoms with Gasteiger partial charge in [-0.05, 0) is 33.0 Å². The summed E-state index contributed by atoms with van der Waals surface area (Å²) < 4.78 is 3.92. The second-order valence-electron chi connectivity index (χ2n) is 6.26. The Labute approximate surface area is 139 Å². The average Bonchev–Trinajstić information content (AvgIpc) is 3.08. The number of anilines is 1. The molecule has 0 fully saturated rings. The third-order valence-electron chi connectivity index (χ3n) is 4.43. The minimum atomic E-state index is -0.257. The van der Waals surface area contributed by atoms with E-state index in [4.69, 9.17) is 0 Å². The van der Waals surface area contributed by atoms with Crippen molar-refractivity contribution in [2.24, 2.45) is 0 Å². The molecule has 3 aromatic rings. The van der Waals surface area contributed by atoms with Gasteiger partial charge in [-0.25, -0.2) is 4.98 Å². The van der Waals surface area contributed by atoms with Crippen LogP contribution in [0.5, 0.6) is 0 Å². The zero-order valence-electron chi connectivity index (χ0n) is 13.9. The lowest BCUT2D eigenvalue weighted by atomic mass is 10.2. The molecule has 1 N–H and O–H groups in total. The number of carbonyl (C=O) groups excluding carboxylic acids is 1. The van der Waals surface area contributed by atoms with Crippen molar-refractivity contribution >= 4 is 17.2 Å². The van der Waals surface area contributed by atoms with E-state index in [1.165, 1.54) is 0 Å². The number of aryl methyl sites for hydroxylation is 2. The molecule has 1 atom stereocenters. The molecule has 0 saturated heterocycles. The summed E-state index contributed by atoms with van der Waals surface area (Å²) in [6, 6.07) is 3.51. The van der Waals surface area contributed by atoms with E-state index >= 15 is 0 Å². The minimum Gasteiger partial charge on any atom is -0.323 e. The largest absolute Gasteiger partial charge is 0.323 e. The van der Waals surface area contributed by atoms with Crippen LogP contribution in [0.25, 0.3) is 5.65 Å². The van der Waals surface area contributed by atoms with Gasteiger partial charge in [0, 0.05) is 12.4 Å². The molecule has 4 rings (SSSR count). The second-order valence-corrected chi connectivity index (χ2v) is 6.26. The summed E-state index contributed by atoms with van der Waals surface area (Å²) >= 11 is 0. The zero-order valence-corrected chi connectivity index (χ0v) is 13.9. The normalized spacial score (nSPS) is 17.9. The van der Waals surface area contributed by atoms with E-state index in [1.807, 2.05) is 59.3 Å². The Hall–Kier alpha value is -2.74. The molecule has 0 aliphatic carbocycles. The molecule has 8 nitrogen and oxygen atoms in total. The van der Waals surface area contributed by atoms with Crippen molar-refractivity contribution in [1.29, 1.82) is 0 Å². The number of carbonyl (C=O) groups is 1. The van der Waals surface area contributed by atoms with Crippen LogP contribution in [0.3, 0.4) is 0 Å². The van der Waals surface area contributed by atoms with E-state index < -0.39 is 0 Å². The Morgan fingerprint density at radius 1 is 1.25 bits per heavy atom. The minimum absolute atomic E-state index is 0.0348. The molecule has 1 aliphatic heterocycles. The number of rotatable bonds is 2. The fourth-order valence-corrected chi connectivity index (χ4v) is 3.13. The zero-order chi connectivity index (χ0) is 16.8. The predicted molar refractivity (Wildman–Crippen MR) is 88.6 cm³/mol. The first-order chi connectivity index (χ1) is 11.5. The van der Waals surface area contributed by atoms with Gasteiger partial charge >= 0.3 is 0 Å². The van der Waals surface area contributed by atoms with Gasteiger partial charge in [0.05, 0.1) is 24.5 Å². The molecule has 0 spiro atoms. The van der Waals surface area contributed by atoms with Crippen LogP contribution >= 0.6 is 0 Å². The first kappa shape index (κ1) is 14.8. The number of aromatic nitrogens is 5. The molecule has 1 unspecified atom stereocenters. The van der Waals surface area contributed by atoms with Gasteiger partial charge in [0.25, 0.3) is 0 Å². The van der Waals surface area contributed by atoms with Crippen molar-refractivity contribution in [3.05, 3.63) is 41.9 Å². The molecule has 8 heteroatoms. The smallest absolute Gasteiger partial charge is 0.243 e. The molecular formula is C16H19N7O. The van der Waals surface area contributed by atoms with Crippen LogP contribution in [0.15, 0.2) is 24.5 Å². The highest BCUT2D eigenvalue weighted by Gasteiger charge is 2.31. The van der Waals surface area contributed by atoms with Crippen LogP contribution in [-0.2, 0) is 17.9 Å². The number of amides is 1. The molecule has 0 aromatic carbocycles. The van der Waals surface area contributed by atoms with Crippen LogP contribution in [0.4, 0.5) is 5.69 Å². The van der Waals surface area contributed by atoms with Gasteiger partial charge in [-0.1, -0.05) is 0 Å². The van der Waals surface area contributed by atoms with Gasteiger partial charge < -0.3 is 14.3 Å². The quantitative estimate of drug-likeness (QED) is 0.760. The predicted octanol–water partition coefficient (Wildman–Crippen LogP) is 0.995. The lowest BCUT2D eigenvalue weighted by Gasteiger charge is -2.32. The van der Waals surface area contributed by atoms with Gasteiger partial charge in [-0.2, -0.15) is 0 Å². The van der Waals surface area contributed by atoms with Crippen LogP contribution in [0, 0.1) is 13.8 Å². The number of pyridine rings is 1. The monoisotopic (exact) mass is 325 g/mol. The highest BCUT2D eigenvalue weighted by Crippen LogP contribution is 2.18. The summed E-state index contributed by atoms with van der Waals surface area (Å²) in [4.78, 5) is 19.1. The van der Waals surface area contributed by atoms with E-state index in [1.54, 1.807) is 0 Å². The van der Waals surface area contributed by atoms with Crippen LogP contribution in [0.2, 0.25) is 0 Å². The number of fused-ring (bicyclic) bond motifs is 2. The van der Waals surface area contributed by atoms with E-state index in [-0.39, 0.29) is 11.9 Å². The first-order valence-electron chi connectivity index (χ1n) is 7.86. The van der Waals surface area contributed by atoms with Crippen LogP contribution in [-0.4, -0.2) is 48.0 Å². The lowest BCUT2D eigenvalue weighted by Crippen LogP contribution is -2.48. The van der Waals surface area contributed by atoms with Gasteiger partial charge in [0.15, 0.2) is 0 Å². The molecule has 124 valence electrons. The summed E-state index contributed by atoms with van der Waals surface area (Å²) in [5, 5.41) is 11.2. The average molecular weight is 325 g/mol. The van der Waals surface area contributed by atoms with Crippen molar-refractivity contribution in [2.45, 2.75) is 33.0 Å². The second kappa shape index (κ2) is 5.41. The van der Waals surface area contributed by atoms with E-state index in [0.717, 1.165) is 28.7 Å². The molecule has 0 saturated carbocycles. The third kappa shape index (κ3) is 2.44. The molecule has 3 aromatic heterocycles. The van der Waals surface area contributed by atoms with E-state index in [2.05, 4.69) is 20.5 Å². The number of nitrogens with one attached hydrogen (secondary N) is 1. The summed E-state index contributed by atoms with van der Waals surface area (Å²) in [7, 11) is 1.93. The van der Waals surface area contributed by atoms with Gasteiger partial charge in [0.2, 0.25) is 5.91 Å². The Morgan fingerprint density at radius 2 is 2.08 bits per heavy atom. The number of likely N-dealkylation sites (N-methyl/N-ethyl adjacent to an activating group) is 1. The van der Waals surface area contributed by atoms with Gasteiger partial charge in [-0.3, -0.25) is 9.69 Å². The van der Waals surface area contributed by atoms with Crippen LogP contribution in [0.1, 0.15) is 17.3 Å². The third-order valence-corrected chi connectivity index (χ3v) is 4.43. The first-order valence-corrected chi connectivity index (χ1v) is 7.86. The fraction of sp³-hybridized carbons (Fsp3) is 0.375. The number of imidazole rings is 1. The Kier molecular flexibility index (Phi) is 3.34. The van der Waals surface area contributed by atoms with Crippen molar-refractivity contribution in [1.82, 2.24) is 29.0 Å². The van der Waals surface area contributed by atoms with Crippen LogP contribution < -0.4 is 5.32 Å². The van der Waals surface area contributed by atoms with Gasteiger partial charge in [-0.15, -0.1) is 10.2 Å². The molecule has 0 bridgehead atoms. The summed E-state index contributed by atoms with van der Waals surface area (Å²) in [5.41, 5.74) is 2.57. The van der Waals surface area contributed by atoms with Crippen molar-refractivity contribution in [3.63, 3.8) is 0 Å². The molecule has 1 amide bonds. The standard InChI is InChI=1S/C16H19N7O/c1-10-6-22-7-12(4-5-14(22)17-10)18-16(24)13-8-23-11(2)19-20-15(23)9-21(13)3/h4-7,13H,8-9H2,1-3H3,(H,18,24). The fourth-order valence-electron chi connectivity index (χ4n) is 3.13. The van der Waals surface area contributed by atoms with Crippen molar-refractivity contribution in [2.75, 3.05) is 12.4 Å². The molecule has 1 aliphatic rings. The topological polar surface area (TPSA) is 80.3 Å². The van der Waals surface area contributed by atoms with Crippen molar-refractivity contribution < 1.29 is 4.79 Å². The number of hydrogen-bond acceptors (Lipinski definition) is 5. The Bertz CT molecular complexity index is 926. The highest BCUT2D eigenvalue weighted by molar-refractivity contribution is 5.94. The molecule has 4 heterocycles. The molecule has 0 radical (unpaired) electrons. The molecule has 24 heavy (non-hydrogen) atoms. The summed E-state index contributed by atoms with van der Waals surface area (Å²) in [5.74, 6) is 1.70. The highest BCUT2D eigenvalue weighted by atomic mass is 16.2. The molecular weight excluding hydrogens is 306 g/mol. The SMILES string of the molecule is Cc1cn2cc(NC(=O)C3Cn4c(C)nnc4CN3C)ccc2n1. The maximum absolute atomic E-state index is 12.7. The Morgan fingerprint density at radius 3 is 2.92 bits per heavy atom. The van der Waals surface area contributed by atoms with Gasteiger partial charge in [0.1, 0.15) is 23.3 Å². The van der Waals surface area contributed by atoms with E-state index in [9.17, 15) is 4.79 Å².